The fraction of sp³-hybridized carbons (Fsp3) is 0.182. The molecule has 0 saturated carbocycles. The molecule has 0 aromatic heterocycles. The first-order valence-electron chi connectivity index (χ1n) is 8.55. The topological polar surface area (TPSA) is 21.7 Å². The normalized spacial score (nSPS) is 9.73. The molecule has 3 aromatic carbocycles. The highest BCUT2D eigenvalue weighted by Gasteiger charge is 2.12. The van der Waals surface area contributed by atoms with Crippen LogP contribution < -0.4 is 14.4 Å². The molecule has 0 amide bonds. The average Bonchev–Trinajstić information content (AvgIpc) is 2.72. The molecule has 0 bridgehead atoms. The van der Waals surface area contributed by atoms with E-state index in [4.69, 9.17) is 9.47 Å². The van der Waals surface area contributed by atoms with Gasteiger partial charge in [-0.3, -0.25) is 0 Å². The first kappa shape index (κ1) is 19.9. The Balaban J connectivity index is 0.00000117. The molecule has 136 valence electrons. The van der Waals surface area contributed by atoms with Crippen molar-refractivity contribution in [2.45, 2.75) is 13.8 Å². The van der Waals surface area contributed by atoms with Crippen LogP contribution in [0.15, 0.2) is 77.3 Å². The molecule has 0 N–H and O–H groups in total. The Morgan fingerprint density at radius 2 is 0.885 bits per heavy atom. The van der Waals surface area contributed by atoms with Crippen LogP contribution in [-0.4, -0.2) is 14.2 Å². The fourth-order valence-electron chi connectivity index (χ4n) is 2.50. The average molecular weight is 414 g/mol. The molecule has 0 atom stereocenters. The number of ether oxygens (including phenoxy) is 2. The van der Waals surface area contributed by atoms with Crippen LogP contribution in [0.4, 0.5) is 17.1 Å². The van der Waals surface area contributed by atoms with Crippen molar-refractivity contribution in [1.29, 1.82) is 0 Å². The van der Waals surface area contributed by atoms with Gasteiger partial charge >= 0.3 is 0 Å². The highest BCUT2D eigenvalue weighted by Crippen LogP contribution is 2.36. The molecule has 0 aliphatic rings. The van der Waals surface area contributed by atoms with Crippen LogP contribution in [-0.2, 0) is 0 Å². The van der Waals surface area contributed by atoms with E-state index in [0.29, 0.717) is 0 Å². The summed E-state index contributed by atoms with van der Waals surface area (Å²) in [5.74, 6) is 1.67. The lowest BCUT2D eigenvalue weighted by molar-refractivity contribution is 0.415. The molecule has 3 nitrogen and oxygen atoms in total. The van der Waals surface area contributed by atoms with E-state index in [9.17, 15) is 0 Å². The molecular weight excluding hydrogens is 390 g/mol. The Labute approximate surface area is 164 Å². The van der Waals surface area contributed by atoms with E-state index in [1.165, 1.54) is 0 Å². The largest absolute Gasteiger partial charge is 0.497 e. The van der Waals surface area contributed by atoms with Crippen molar-refractivity contribution in [3.63, 3.8) is 0 Å². The van der Waals surface area contributed by atoms with E-state index >= 15 is 0 Å². The summed E-state index contributed by atoms with van der Waals surface area (Å²) in [5, 5.41) is 0. The predicted octanol–water partition coefficient (Wildman–Crippen LogP) is 6.96. The molecule has 3 rings (SSSR count). The summed E-state index contributed by atoms with van der Waals surface area (Å²) in [5.41, 5.74) is 3.19. The maximum absolute atomic E-state index is 5.27. The highest BCUT2D eigenvalue weighted by atomic mass is 79.9. The number of hydrogen-bond donors (Lipinski definition) is 0. The van der Waals surface area contributed by atoms with Crippen molar-refractivity contribution in [2.24, 2.45) is 0 Å². The lowest BCUT2D eigenvalue weighted by Crippen LogP contribution is -2.09. The molecule has 0 spiro atoms. The monoisotopic (exact) mass is 413 g/mol. The van der Waals surface area contributed by atoms with Gasteiger partial charge in [-0.1, -0.05) is 29.8 Å². The lowest BCUT2D eigenvalue weighted by atomic mass is 10.2. The van der Waals surface area contributed by atoms with Crippen LogP contribution in [0.5, 0.6) is 11.5 Å². The van der Waals surface area contributed by atoms with Gasteiger partial charge in [0, 0.05) is 21.5 Å². The standard InChI is InChI=1S/C20H18BrNO2.C2H6/c1-23-19-11-7-17(8-12-19)22(16-5-3-15(21)4-6-16)18-9-13-20(24-2)14-10-18;1-2/h3-14H,1-2H3;1-2H3. The summed E-state index contributed by atoms with van der Waals surface area (Å²) in [6.45, 7) is 4.00. The first-order valence-corrected chi connectivity index (χ1v) is 9.34. The smallest absolute Gasteiger partial charge is 0.119 e. The van der Waals surface area contributed by atoms with Gasteiger partial charge in [-0.15, -0.1) is 0 Å². The number of rotatable bonds is 5. The second kappa shape index (κ2) is 9.88. The third-order valence-electron chi connectivity index (χ3n) is 3.75. The molecule has 0 saturated heterocycles. The molecule has 0 fully saturated rings. The van der Waals surface area contributed by atoms with Gasteiger partial charge < -0.3 is 14.4 Å². The van der Waals surface area contributed by atoms with Crippen LogP contribution >= 0.6 is 15.9 Å². The molecule has 3 aromatic rings. The van der Waals surface area contributed by atoms with Crippen LogP contribution in [0.1, 0.15) is 13.8 Å². The van der Waals surface area contributed by atoms with Crippen LogP contribution in [0.2, 0.25) is 0 Å². The van der Waals surface area contributed by atoms with E-state index in [2.05, 4.69) is 33.0 Å². The van der Waals surface area contributed by atoms with Crippen molar-refractivity contribution in [3.8, 4) is 11.5 Å². The summed E-state index contributed by atoms with van der Waals surface area (Å²) in [4.78, 5) is 2.19. The van der Waals surface area contributed by atoms with E-state index in [0.717, 1.165) is 33.0 Å². The molecule has 0 unspecified atom stereocenters. The lowest BCUT2D eigenvalue weighted by Gasteiger charge is -2.25. The maximum Gasteiger partial charge on any atom is 0.119 e. The van der Waals surface area contributed by atoms with Gasteiger partial charge in [-0.25, -0.2) is 0 Å². The van der Waals surface area contributed by atoms with Gasteiger partial charge in [0.25, 0.3) is 0 Å². The van der Waals surface area contributed by atoms with Gasteiger partial charge in [0.1, 0.15) is 11.5 Å². The Morgan fingerprint density at radius 3 is 1.19 bits per heavy atom. The van der Waals surface area contributed by atoms with Gasteiger partial charge in [-0.05, 0) is 72.8 Å². The number of methoxy groups -OCH3 is 2. The Morgan fingerprint density at radius 1 is 0.577 bits per heavy atom. The van der Waals surface area contributed by atoms with Crippen LogP contribution in [0.3, 0.4) is 0 Å². The quantitative estimate of drug-likeness (QED) is 0.450. The number of anilines is 3. The second-order valence-electron chi connectivity index (χ2n) is 5.21. The van der Waals surface area contributed by atoms with Crippen LogP contribution in [0.25, 0.3) is 0 Å². The Bertz CT molecular complexity index is 736. The van der Waals surface area contributed by atoms with Gasteiger partial charge in [0.2, 0.25) is 0 Å². The number of halogens is 1. The minimum atomic E-state index is 0.837. The maximum atomic E-state index is 5.27. The summed E-state index contributed by atoms with van der Waals surface area (Å²) in [6.07, 6.45) is 0. The molecule has 0 radical (unpaired) electrons. The SMILES string of the molecule is CC.COc1ccc(N(c2ccc(Br)cc2)c2ccc(OC)cc2)cc1. The first-order chi connectivity index (χ1) is 12.7. The van der Waals surface area contributed by atoms with E-state index in [-0.39, 0.29) is 0 Å². The molecule has 26 heavy (non-hydrogen) atoms. The summed E-state index contributed by atoms with van der Waals surface area (Å²) < 4.78 is 11.6. The third kappa shape index (κ3) is 4.79. The van der Waals surface area contributed by atoms with E-state index < -0.39 is 0 Å². The number of nitrogens with zero attached hydrogens (tertiary/aromatic N) is 1. The van der Waals surface area contributed by atoms with Crippen molar-refractivity contribution >= 4 is 33.0 Å². The second-order valence-corrected chi connectivity index (χ2v) is 6.12. The van der Waals surface area contributed by atoms with Crippen molar-refractivity contribution in [2.75, 3.05) is 19.1 Å². The predicted molar refractivity (Wildman–Crippen MR) is 113 cm³/mol. The summed E-state index contributed by atoms with van der Waals surface area (Å²) in [7, 11) is 3.34. The van der Waals surface area contributed by atoms with Gasteiger partial charge in [-0.2, -0.15) is 0 Å². The fourth-order valence-corrected chi connectivity index (χ4v) is 2.76. The minimum Gasteiger partial charge on any atom is -0.497 e. The molecule has 0 aliphatic heterocycles. The van der Waals surface area contributed by atoms with E-state index in [1.54, 1.807) is 14.2 Å². The highest BCUT2D eigenvalue weighted by molar-refractivity contribution is 9.10. The summed E-state index contributed by atoms with van der Waals surface area (Å²) >= 11 is 3.49. The number of hydrogen-bond acceptors (Lipinski definition) is 3. The zero-order valence-corrected chi connectivity index (χ0v) is 17.2. The molecular formula is C22H24BrNO2. The number of benzene rings is 3. The zero-order chi connectivity index (χ0) is 18.9. The molecule has 0 heterocycles. The molecule has 0 aliphatic carbocycles. The third-order valence-corrected chi connectivity index (χ3v) is 4.27. The minimum absolute atomic E-state index is 0.837. The van der Waals surface area contributed by atoms with Crippen LogP contribution in [0, 0.1) is 0 Å². The van der Waals surface area contributed by atoms with Crippen molar-refractivity contribution in [3.05, 3.63) is 77.3 Å². The summed E-state index contributed by atoms with van der Waals surface area (Å²) in [6, 6.07) is 24.3. The Kier molecular flexibility index (Phi) is 7.54. The van der Waals surface area contributed by atoms with Crippen molar-refractivity contribution in [1.82, 2.24) is 0 Å². The van der Waals surface area contributed by atoms with Gasteiger partial charge in [0.15, 0.2) is 0 Å². The van der Waals surface area contributed by atoms with E-state index in [1.807, 2.05) is 74.5 Å². The zero-order valence-electron chi connectivity index (χ0n) is 15.6. The van der Waals surface area contributed by atoms with Crippen molar-refractivity contribution < 1.29 is 9.47 Å². The molecule has 4 heteroatoms. The van der Waals surface area contributed by atoms with Gasteiger partial charge in [0.05, 0.1) is 14.2 Å². The Hall–Kier alpha value is -2.46.